The summed E-state index contributed by atoms with van der Waals surface area (Å²) in [5.74, 6) is 0.260. The number of carboxylic acids is 1. The molecule has 0 fully saturated rings. The number of nitrogens with one attached hydrogen (secondary N) is 2. The Labute approximate surface area is 159 Å². The zero-order chi connectivity index (χ0) is 18.2. The van der Waals surface area contributed by atoms with Crippen molar-refractivity contribution in [2.45, 2.75) is 64.5 Å². The number of rotatable bonds is 17. The summed E-state index contributed by atoms with van der Waals surface area (Å²) in [4.78, 5) is 22.8. The molecule has 0 heterocycles. The first-order chi connectivity index (χ1) is 11.5. The van der Waals surface area contributed by atoms with Crippen molar-refractivity contribution in [1.29, 1.82) is 0 Å². The smallest absolute Gasteiger partial charge is 0.321 e. The molecule has 0 saturated heterocycles. The fourth-order valence-electron chi connectivity index (χ4n) is 1.97. The highest BCUT2D eigenvalue weighted by Crippen LogP contribution is 2.23. The molecule has 0 saturated carbocycles. The molecule has 0 spiro atoms. The van der Waals surface area contributed by atoms with Crippen LogP contribution in [-0.4, -0.2) is 52.9 Å². The van der Waals surface area contributed by atoms with Gasteiger partial charge in [0.15, 0.2) is 0 Å². The second kappa shape index (κ2) is 16.6. The minimum Gasteiger partial charge on any atom is -0.480 e. The van der Waals surface area contributed by atoms with Crippen molar-refractivity contribution in [2.24, 2.45) is 0 Å². The van der Waals surface area contributed by atoms with Gasteiger partial charge in [-0.3, -0.25) is 9.59 Å². The van der Waals surface area contributed by atoms with E-state index in [1.807, 2.05) is 0 Å². The summed E-state index contributed by atoms with van der Waals surface area (Å²) in [7, 11) is 3.01. The first-order valence-electron chi connectivity index (χ1n) is 8.69. The van der Waals surface area contributed by atoms with Crippen LogP contribution in [0.15, 0.2) is 0 Å². The van der Waals surface area contributed by atoms with Gasteiger partial charge < -0.3 is 15.7 Å². The number of unbranched alkanes of at least 4 members (excludes halogenated alkanes) is 4. The van der Waals surface area contributed by atoms with E-state index in [2.05, 4.69) is 37.1 Å². The van der Waals surface area contributed by atoms with Crippen LogP contribution in [0.3, 0.4) is 0 Å². The summed E-state index contributed by atoms with van der Waals surface area (Å²) in [6.07, 6.45) is 6.57. The standard InChI is InChI=1S/C16H32N2O3S3/c1-3-5-7-9-17-13(15(19)20)11-23-24-12-14(16(21)22)18-10-8-6-4-2/h13-14,17-18H,3-12H2,1-2H3,(H,19,20)(H,21,22)/t13-,14-/m0/s1. The van der Waals surface area contributed by atoms with Crippen molar-refractivity contribution in [3.05, 3.63) is 0 Å². The molecule has 3 N–H and O–H groups in total. The van der Waals surface area contributed by atoms with E-state index in [9.17, 15) is 14.7 Å². The molecule has 24 heavy (non-hydrogen) atoms. The van der Waals surface area contributed by atoms with E-state index in [0.29, 0.717) is 11.5 Å². The molecule has 0 amide bonds. The van der Waals surface area contributed by atoms with Crippen LogP contribution in [0, 0.1) is 0 Å². The van der Waals surface area contributed by atoms with E-state index in [1.165, 1.54) is 21.6 Å². The fraction of sp³-hybridized carbons (Fsp3) is 0.875. The predicted molar refractivity (Wildman–Crippen MR) is 109 cm³/mol. The second-order valence-electron chi connectivity index (χ2n) is 5.67. The van der Waals surface area contributed by atoms with Crippen LogP contribution in [-0.2, 0) is 9.59 Å². The van der Waals surface area contributed by atoms with Crippen molar-refractivity contribution < 1.29 is 14.7 Å². The number of carbonyl (C=O) groups is 2. The predicted octanol–water partition coefficient (Wildman–Crippen LogP) is 3.21. The summed E-state index contributed by atoms with van der Waals surface area (Å²) < 4.78 is 0. The molecule has 8 heteroatoms. The zero-order valence-corrected chi connectivity index (χ0v) is 17.3. The lowest BCUT2D eigenvalue weighted by molar-refractivity contribution is -0.138. The molecule has 0 rings (SSSR count). The first kappa shape index (κ1) is 24.1. The molecule has 0 radical (unpaired) electrons. The Morgan fingerprint density at radius 1 is 0.917 bits per heavy atom. The van der Waals surface area contributed by atoms with Gasteiger partial charge >= 0.3 is 5.97 Å². The van der Waals surface area contributed by atoms with Gasteiger partial charge in [0.2, 0.25) is 5.12 Å². The van der Waals surface area contributed by atoms with E-state index in [1.54, 1.807) is 0 Å². The average molecular weight is 397 g/mol. The van der Waals surface area contributed by atoms with Crippen LogP contribution in [0.25, 0.3) is 0 Å². The number of thiol groups is 1. The molecule has 142 valence electrons. The quantitative estimate of drug-likeness (QED) is 0.171. The third-order valence-corrected chi connectivity index (χ3v) is 6.22. The van der Waals surface area contributed by atoms with Gasteiger partial charge in [0, 0.05) is 11.5 Å². The molecule has 0 aromatic rings. The molecule has 0 aromatic carbocycles. The van der Waals surface area contributed by atoms with Crippen LogP contribution >= 0.6 is 34.2 Å². The Morgan fingerprint density at radius 3 is 1.79 bits per heavy atom. The van der Waals surface area contributed by atoms with Crippen LogP contribution in [0.4, 0.5) is 0 Å². The third-order valence-electron chi connectivity index (χ3n) is 3.49. The zero-order valence-electron chi connectivity index (χ0n) is 14.8. The summed E-state index contributed by atoms with van der Waals surface area (Å²) >= 11 is 3.93. The van der Waals surface area contributed by atoms with Gasteiger partial charge in [-0.2, -0.15) is 0 Å². The molecule has 2 atom stereocenters. The maximum atomic E-state index is 11.5. The van der Waals surface area contributed by atoms with E-state index in [4.69, 9.17) is 0 Å². The average Bonchev–Trinajstić information content (AvgIpc) is 2.54. The van der Waals surface area contributed by atoms with Gasteiger partial charge in [-0.15, -0.1) is 12.6 Å². The van der Waals surface area contributed by atoms with Crippen LogP contribution < -0.4 is 10.6 Å². The highest BCUT2D eigenvalue weighted by Gasteiger charge is 2.18. The third kappa shape index (κ3) is 13.4. The Morgan fingerprint density at radius 2 is 1.38 bits per heavy atom. The Kier molecular flexibility index (Phi) is 16.6. The maximum absolute atomic E-state index is 11.5. The molecular formula is C16H32N2O3S3. The molecular weight excluding hydrogens is 364 g/mol. The molecule has 0 aromatic heterocycles. The monoisotopic (exact) mass is 396 g/mol. The van der Waals surface area contributed by atoms with E-state index < -0.39 is 12.0 Å². The minimum atomic E-state index is -0.820. The van der Waals surface area contributed by atoms with Crippen molar-refractivity contribution in [3.63, 3.8) is 0 Å². The summed E-state index contributed by atoms with van der Waals surface area (Å²) in [5, 5.41) is 15.4. The lowest BCUT2D eigenvalue weighted by Crippen LogP contribution is -2.39. The summed E-state index contributed by atoms with van der Waals surface area (Å²) in [6, 6.07) is -0.814. The Bertz CT molecular complexity index is 315. The van der Waals surface area contributed by atoms with Crippen molar-refractivity contribution in [2.75, 3.05) is 24.6 Å². The van der Waals surface area contributed by atoms with Crippen LogP contribution in [0.1, 0.15) is 52.4 Å². The highest BCUT2D eigenvalue weighted by molar-refractivity contribution is 8.76. The van der Waals surface area contributed by atoms with Crippen molar-refractivity contribution in [1.82, 2.24) is 10.6 Å². The number of aliphatic carboxylic acids is 1. The van der Waals surface area contributed by atoms with Crippen LogP contribution in [0.2, 0.25) is 0 Å². The SMILES string of the molecule is CCCCCN[C@@H](CSSC[C@H](NCCCCC)C(=O)S)C(=O)O. The molecule has 0 aliphatic rings. The van der Waals surface area contributed by atoms with Crippen molar-refractivity contribution >= 4 is 45.3 Å². The number of carbonyl (C=O) groups excluding carboxylic acids is 1. The minimum absolute atomic E-state index is 0.160. The fourth-order valence-corrected chi connectivity index (χ4v) is 4.66. The highest BCUT2D eigenvalue weighted by atomic mass is 33.1. The van der Waals surface area contributed by atoms with E-state index in [0.717, 1.165) is 51.6 Å². The van der Waals surface area contributed by atoms with Crippen molar-refractivity contribution in [3.8, 4) is 0 Å². The van der Waals surface area contributed by atoms with Gasteiger partial charge in [-0.1, -0.05) is 61.1 Å². The second-order valence-corrected chi connectivity index (χ2v) is 8.67. The lowest BCUT2D eigenvalue weighted by Gasteiger charge is -2.16. The normalized spacial score (nSPS) is 13.6. The molecule has 0 unspecified atom stereocenters. The first-order valence-corrected chi connectivity index (χ1v) is 11.6. The Hall–Kier alpha value is 0.110. The molecule has 0 aliphatic heterocycles. The molecule has 0 bridgehead atoms. The molecule has 0 aliphatic carbocycles. The maximum Gasteiger partial charge on any atom is 0.321 e. The summed E-state index contributed by atoms with van der Waals surface area (Å²) in [5.41, 5.74) is 0. The van der Waals surface area contributed by atoms with Gasteiger partial charge in [0.1, 0.15) is 6.04 Å². The van der Waals surface area contributed by atoms with E-state index in [-0.39, 0.29) is 11.2 Å². The Balaban J connectivity index is 3.96. The van der Waals surface area contributed by atoms with Gasteiger partial charge in [-0.05, 0) is 25.9 Å². The van der Waals surface area contributed by atoms with Gasteiger partial charge in [0.25, 0.3) is 0 Å². The lowest BCUT2D eigenvalue weighted by atomic mass is 10.2. The summed E-state index contributed by atoms with van der Waals surface area (Å²) in [6.45, 7) is 5.80. The van der Waals surface area contributed by atoms with Gasteiger partial charge in [0.05, 0.1) is 6.04 Å². The van der Waals surface area contributed by atoms with Crippen LogP contribution in [0.5, 0.6) is 0 Å². The van der Waals surface area contributed by atoms with E-state index >= 15 is 0 Å². The number of hydrogen-bond acceptors (Lipinski definition) is 6. The largest absolute Gasteiger partial charge is 0.480 e. The number of carboxylic acid groups (broad SMARTS) is 1. The topological polar surface area (TPSA) is 78.4 Å². The number of hydrogen-bond donors (Lipinski definition) is 4. The molecule has 5 nitrogen and oxygen atoms in total. The van der Waals surface area contributed by atoms with Gasteiger partial charge in [-0.25, -0.2) is 0 Å².